The van der Waals surface area contributed by atoms with Crippen LogP contribution >= 0.6 is 23.2 Å². The quantitative estimate of drug-likeness (QED) is 0.857. The van der Waals surface area contributed by atoms with E-state index in [4.69, 9.17) is 33.7 Å². The van der Waals surface area contributed by atoms with Gasteiger partial charge in [-0.05, 0) is 29.7 Å². The second-order valence-corrected chi connectivity index (χ2v) is 5.54. The normalized spacial score (nSPS) is 16.6. The SMILES string of the molecule is Nc1cc(Cl)c(OCC2Cc3ccccc32)c(Cl)c1. The third-order valence-electron chi connectivity index (χ3n) is 3.41. The lowest BCUT2D eigenvalue weighted by Crippen LogP contribution is -2.23. The smallest absolute Gasteiger partial charge is 0.156 e. The van der Waals surface area contributed by atoms with Crippen LogP contribution in [0.3, 0.4) is 0 Å². The summed E-state index contributed by atoms with van der Waals surface area (Å²) in [4.78, 5) is 0. The second-order valence-electron chi connectivity index (χ2n) is 4.72. The minimum absolute atomic E-state index is 0.417. The Hall–Kier alpha value is -1.38. The van der Waals surface area contributed by atoms with E-state index in [0.29, 0.717) is 34.0 Å². The summed E-state index contributed by atoms with van der Waals surface area (Å²) >= 11 is 12.2. The molecular weight excluding hydrogens is 281 g/mol. The second kappa shape index (κ2) is 4.95. The van der Waals surface area contributed by atoms with E-state index < -0.39 is 0 Å². The fourth-order valence-electron chi connectivity index (χ4n) is 2.41. The highest BCUT2D eigenvalue weighted by Gasteiger charge is 2.26. The fourth-order valence-corrected chi connectivity index (χ4v) is 3.03. The van der Waals surface area contributed by atoms with Gasteiger partial charge in [0, 0.05) is 11.6 Å². The van der Waals surface area contributed by atoms with Crippen LogP contribution in [-0.2, 0) is 6.42 Å². The van der Waals surface area contributed by atoms with E-state index >= 15 is 0 Å². The highest BCUT2D eigenvalue weighted by molar-refractivity contribution is 6.37. The van der Waals surface area contributed by atoms with Crippen LogP contribution in [0, 0.1) is 0 Å². The number of hydrogen-bond acceptors (Lipinski definition) is 2. The molecule has 0 amide bonds. The Morgan fingerprint density at radius 3 is 2.53 bits per heavy atom. The summed E-state index contributed by atoms with van der Waals surface area (Å²) in [5.41, 5.74) is 8.94. The molecule has 1 atom stereocenters. The van der Waals surface area contributed by atoms with Gasteiger partial charge < -0.3 is 10.5 Å². The van der Waals surface area contributed by atoms with E-state index in [-0.39, 0.29) is 0 Å². The van der Waals surface area contributed by atoms with Gasteiger partial charge in [-0.15, -0.1) is 0 Å². The summed E-state index contributed by atoms with van der Waals surface area (Å²) in [7, 11) is 0. The average Bonchev–Trinajstić information content (AvgIpc) is 2.33. The summed E-state index contributed by atoms with van der Waals surface area (Å²) in [6.45, 7) is 0.584. The molecule has 0 fully saturated rings. The molecule has 0 saturated carbocycles. The molecule has 19 heavy (non-hydrogen) atoms. The molecule has 0 aromatic heterocycles. The zero-order chi connectivity index (χ0) is 13.4. The number of nitrogens with two attached hydrogens (primary N) is 1. The maximum absolute atomic E-state index is 6.09. The van der Waals surface area contributed by atoms with Crippen molar-refractivity contribution in [1.29, 1.82) is 0 Å². The third kappa shape index (κ3) is 2.38. The van der Waals surface area contributed by atoms with Crippen molar-refractivity contribution in [3.63, 3.8) is 0 Å². The molecule has 1 aliphatic rings. The van der Waals surface area contributed by atoms with Crippen LogP contribution in [0.5, 0.6) is 5.75 Å². The first-order valence-electron chi connectivity index (χ1n) is 6.10. The summed E-state index contributed by atoms with van der Waals surface area (Å²) in [6.07, 6.45) is 1.04. The van der Waals surface area contributed by atoms with Crippen LogP contribution < -0.4 is 10.5 Å². The highest BCUT2D eigenvalue weighted by Crippen LogP contribution is 2.39. The van der Waals surface area contributed by atoms with Crippen molar-refractivity contribution >= 4 is 28.9 Å². The molecular formula is C15H13Cl2NO. The van der Waals surface area contributed by atoms with Crippen molar-refractivity contribution in [1.82, 2.24) is 0 Å². The van der Waals surface area contributed by atoms with Gasteiger partial charge in [-0.3, -0.25) is 0 Å². The monoisotopic (exact) mass is 293 g/mol. The Balaban J connectivity index is 1.72. The topological polar surface area (TPSA) is 35.2 Å². The largest absolute Gasteiger partial charge is 0.490 e. The van der Waals surface area contributed by atoms with E-state index in [0.717, 1.165) is 6.42 Å². The Labute approximate surface area is 122 Å². The van der Waals surface area contributed by atoms with Gasteiger partial charge >= 0.3 is 0 Å². The molecule has 0 saturated heterocycles. The fraction of sp³-hybridized carbons (Fsp3) is 0.200. The zero-order valence-electron chi connectivity index (χ0n) is 10.2. The van der Waals surface area contributed by atoms with Gasteiger partial charge in [0.05, 0.1) is 16.7 Å². The van der Waals surface area contributed by atoms with Crippen molar-refractivity contribution in [3.8, 4) is 5.75 Å². The molecule has 0 spiro atoms. The van der Waals surface area contributed by atoms with Crippen LogP contribution in [-0.4, -0.2) is 6.61 Å². The van der Waals surface area contributed by atoms with E-state index in [2.05, 4.69) is 18.2 Å². The number of ether oxygens (including phenoxy) is 1. The number of halogens is 2. The van der Waals surface area contributed by atoms with Gasteiger partial charge in [0.2, 0.25) is 0 Å². The molecule has 1 aliphatic carbocycles. The molecule has 2 aromatic carbocycles. The molecule has 4 heteroatoms. The minimum Gasteiger partial charge on any atom is -0.490 e. The lowest BCUT2D eigenvalue weighted by molar-refractivity contribution is 0.275. The first-order chi connectivity index (χ1) is 9.15. The van der Waals surface area contributed by atoms with Gasteiger partial charge in [-0.2, -0.15) is 0 Å². The van der Waals surface area contributed by atoms with Crippen LogP contribution in [0.2, 0.25) is 10.0 Å². The van der Waals surface area contributed by atoms with Gasteiger partial charge in [-0.25, -0.2) is 0 Å². The van der Waals surface area contributed by atoms with Crippen LogP contribution in [0.15, 0.2) is 36.4 Å². The van der Waals surface area contributed by atoms with E-state index in [1.165, 1.54) is 11.1 Å². The van der Waals surface area contributed by atoms with Gasteiger partial charge in [0.25, 0.3) is 0 Å². The molecule has 98 valence electrons. The lowest BCUT2D eigenvalue weighted by Gasteiger charge is -2.30. The van der Waals surface area contributed by atoms with Crippen molar-refractivity contribution < 1.29 is 4.74 Å². The summed E-state index contributed by atoms with van der Waals surface area (Å²) < 4.78 is 5.76. The van der Waals surface area contributed by atoms with Crippen molar-refractivity contribution in [2.75, 3.05) is 12.3 Å². The van der Waals surface area contributed by atoms with Crippen LogP contribution in [0.1, 0.15) is 17.0 Å². The third-order valence-corrected chi connectivity index (χ3v) is 3.97. The molecule has 0 aliphatic heterocycles. The minimum atomic E-state index is 0.417. The molecule has 1 unspecified atom stereocenters. The summed E-state index contributed by atoms with van der Waals surface area (Å²) in [5, 5.41) is 0.912. The molecule has 0 bridgehead atoms. The number of anilines is 1. The van der Waals surface area contributed by atoms with E-state index in [1.54, 1.807) is 12.1 Å². The maximum atomic E-state index is 6.09. The molecule has 0 radical (unpaired) electrons. The van der Waals surface area contributed by atoms with E-state index in [9.17, 15) is 0 Å². The number of nitrogen functional groups attached to an aromatic ring is 1. The van der Waals surface area contributed by atoms with Crippen LogP contribution in [0.4, 0.5) is 5.69 Å². The summed E-state index contributed by atoms with van der Waals surface area (Å²) in [6, 6.07) is 11.7. The summed E-state index contributed by atoms with van der Waals surface area (Å²) in [5.74, 6) is 0.933. The first-order valence-corrected chi connectivity index (χ1v) is 6.86. The number of benzene rings is 2. The van der Waals surface area contributed by atoms with Crippen LogP contribution in [0.25, 0.3) is 0 Å². The zero-order valence-corrected chi connectivity index (χ0v) is 11.7. The highest BCUT2D eigenvalue weighted by atomic mass is 35.5. The average molecular weight is 294 g/mol. The Kier molecular flexibility index (Phi) is 3.29. The molecule has 2 aromatic rings. The number of rotatable bonds is 3. The first kappa shape index (κ1) is 12.6. The van der Waals surface area contributed by atoms with Gasteiger partial charge in [0.15, 0.2) is 5.75 Å². The number of fused-ring (bicyclic) bond motifs is 1. The molecule has 2 N–H and O–H groups in total. The van der Waals surface area contributed by atoms with Gasteiger partial charge in [0.1, 0.15) is 0 Å². The predicted molar refractivity (Wildman–Crippen MR) is 79.3 cm³/mol. The van der Waals surface area contributed by atoms with Crippen molar-refractivity contribution in [2.45, 2.75) is 12.3 Å². The molecule has 2 nitrogen and oxygen atoms in total. The van der Waals surface area contributed by atoms with Gasteiger partial charge in [-0.1, -0.05) is 47.5 Å². The Morgan fingerprint density at radius 1 is 1.16 bits per heavy atom. The Bertz CT molecular complexity index is 604. The standard InChI is InChI=1S/C15H13Cl2NO/c16-13-6-11(18)7-14(17)15(13)19-8-10-5-9-3-1-2-4-12(9)10/h1-4,6-7,10H,5,8,18H2. The van der Waals surface area contributed by atoms with E-state index in [1.807, 2.05) is 6.07 Å². The number of hydrogen-bond donors (Lipinski definition) is 1. The Morgan fingerprint density at radius 2 is 1.84 bits per heavy atom. The molecule has 3 rings (SSSR count). The predicted octanol–water partition coefficient (Wildman–Crippen LogP) is 4.29. The lowest BCUT2D eigenvalue weighted by atomic mass is 9.78. The maximum Gasteiger partial charge on any atom is 0.156 e. The van der Waals surface area contributed by atoms with Crippen molar-refractivity contribution in [3.05, 3.63) is 57.6 Å². The molecule has 0 heterocycles. The van der Waals surface area contributed by atoms with Crippen molar-refractivity contribution in [2.24, 2.45) is 0 Å².